The van der Waals surface area contributed by atoms with Crippen molar-refractivity contribution >= 4 is 35.0 Å². The summed E-state index contributed by atoms with van der Waals surface area (Å²) in [7, 11) is 2.09. The third-order valence-electron chi connectivity index (χ3n) is 6.60. The molecule has 3 heterocycles. The van der Waals surface area contributed by atoms with Crippen molar-refractivity contribution in [3.8, 4) is 0 Å². The van der Waals surface area contributed by atoms with Gasteiger partial charge in [0.05, 0.1) is 17.4 Å². The van der Waals surface area contributed by atoms with Gasteiger partial charge in [-0.1, -0.05) is 47.6 Å². The van der Waals surface area contributed by atoms with Crippen LogP contribution in [0.3, 0.4) is 0 Å². The number of hydrogen-bond donors (Lipinski definition) is 2. The van der Waals surface area contributed by atoms with E-state index in [-0.39, 0.29) is 5.41 Å². The van der Waals surface area contributed by atoms with Crippen LogP contribution >= 0.6 is 23.4 Å². The van der Waals surface area contributed by atoms with Gasteiger partial charge < -0.3 is 16.0 Å². The lowest BCUT2D eigenvalue weighted by Gasteiger charge is -2.43. The number of fused-ring (bicyclic) bond motifs is 1. The van der Waals surface area contributed by atoms with E-state index in [2.05, 4.69) is 56.5 Å². The minimum absolute atomic E-state index is 0.288. The molecule has 0 bridgehead atoms. The number of halogens is 1. The third-order valence-corrected chi connectivity index (χ3v) is 8.09. The highest BCUT2D eigenvalue weighted by Crippen LogP contribution is 2.52. The molecular formula is C23H25ClN6S. The molecule has 8 heteroatoms. The molecule has 0 saturated carbocycles. The zero-order valence-corrected chi connectivity index (χ0v) is 19.0. The van der Waals surface area contributed by atoms with E-state index in [0.29, 0.717) is 16.9 Å². The van der Waals surface area contributed by atoms with E-state index in [0.717, 1.165) is 48.1 Å². The lowest BCUT2D eigenvalue weighted by molar-refractivity contribution is 0.167. The maximum Gasteiger partial charge on any atom is 0.147 e. The predicted molar refractivity (Wildman–Crippen MR) is 126 cm³/mol. The van der Waals surface area contributed by atoms with Gasteiger partial charge in [-0.3, -0.25) is 0 Å². The third kappa shape index (κ3) is 3.75. The van der Waals surface area contributed by atoms with E-state index >= 15 is 0 Å². The Labute approximate surface area is 191 Å². The van der Waals surface area contributed by atoms with Crippen molar-refractivity contribution in [1.82, 2.24) is 20.3 Å². The van der Waals surface area contributed by atoms with Crippen LogP contribution in [0.4, 0.5) is 11.6 Å². The summed E-state index contributed by atoms with van der Waals surface area (Å²) >= 11 is 7.69. The van der Waals surface area contributed by atoms with E-state index in [1.165, 1.54) is 22.9 Å². The number of nitrogens with zero attached hydrogens (tertiary/aromatic N) is 4. The Morgan fingerprint density at radius 2 is 1.94 bits per heavy atom. The highest BCUT2D eigenvalue weighted by atomic mass is 35.5. The molecule has 1 atom stereocenters. The van der Waals surface area contributed by atoms with Crippen LogP contribution in [0.15, 0.2) is 58.8 Å². The number of hydrogen-bond acceptors (Lipinski definition) is 7. The van der Waals surface area contributed by atoms with Crippen LogP contribution in [0.25, 0.3) is 0 Å². The molecule has 160 valence electrons. The van der Waals surface area contributed by atoms with Gasteiger partial charge in [-0.2, -0.15) is 0 Å². The standard InChI is InChI=1S/C23H25ClN6S/c1-26-21-16-5-3-2-4-15(16)12-23(21)7-10-30(11-8-23)18-13-29-19(14-28-18)31-17-6-9-27-22(25)20(17)24/h2-6,9,13-14,21,26H,7-8,10-12H2,1H3,(H2,25,27)/t21-/m1/s1. The maximum atomic E-state index is 6.24. The number of benzene rings is 1. The first-order valence-electron chi connectivity index (χ1n) is 10.5. The van der Waals surface area contributed by atoms with E-state index in [9.17, 15) is 0 Å². The SMILES string of the molecule is CN[C@@H]1c2ccccc2CC12CCN(c1cnc(Sc3ccnc(N)c3Cl)cn1)CC2. The zero-order valence-electron chi connectivity index (χ0n) is 17.4. The smallest absolute Gasteiger partial charge is 0.147 e. The Hall–Kier alpha value is -2.35. The molecule has 0 radical (unpaired) electrons. The minimum Gasteiger partial charge on any atom is -0.382 e. The number of nitrogen functional groups attached to an aromatic ring is 1. The van der Waals surface area contributed by atoms with Crippen LogP contribution in [0, 0.1) is 5.41 Å². The molecule has 6 nitrogen and oxygen atoms in total. The molecule has 1 spiro atoms. The topological polar surface area (TPSA) is 80.0 Å². The average molecular weight is 453 g/mol. The van der Waals surface area contributed by atoms with Crippen molar-refractivity contribution < 1.29 is 0 Å². The molecule has 1 saturated heterocycles. The van der Waals surface area contributed by atoms with Gasteiger partial charge in [-0.05, 0) is 48.9 Å². The Kier molecular flexibility index (Phi) is 5.50. The second-order valence-electron chi connectivity index (χ2n) is 8.27. The highest BCUT2D eigenvalue weighted by molar-refractivity contribution is 7.99. The molecule has 5 rings (SSSR count). The average Bonchev–Trinajstić information content (AvgIpc) is 3.10. The number of anilines is 2. The number of pyridine rings is 1. The monoisotopic (exact) mass is 452 g/mol. The van der Waals surface area contributed by atoms with Crippen LogP contribution < -0.4 is 16.0 Å². The summed E-state index contributed by atoms with van der Waals surface area (Å²) in [6, 6.07) is 11.1. The number of aromatic nitrogens is 3. The summed E-state index contributed by atoms with van der Waals surface area (Å²) in [5.74, 6) is 1.25. The van der Waals surface area contributed by atoms with E-state index < -0.39 is 0 Å². The summed E-state index contributed by atoms with van der Waals surface area (Å²) in [5, 5.41) is 4.84. The molecular weight excluding hydrogens is 428 g/mol. The summed E-state index contributed by atoms with van der Waals surface area (Å²) in [5.41, 5.74) is 9.04. The molecule has 2 aromatic heterocycles. The van der Waals surface area contributed by atoms with Crippen molar-refractivity contribution in [1.29, 1.82) is 0 Å². The lowest BCUT2D eigenvalue weighted by Crippen LogP contribution is -2.45. The number of rotatable bonds is 4. The summed E-state index contributed by atoms with van der Waals surface area (Å²) in [6.45, 7) is 1.97. The van der Waals surface area contributed by atoms with Gasteiger partial charge in [0.1, 0.15) is 16.7 Å². The fourth-order valence-electron chi connectivity index (χ4n) is 5.05. The largest absolute Gasteiger partial charge is 0.382 e. The Morgan fingerprint density at radius 3 is 2.68 bits per heavy atom. The Balaban J connectivity index is 1.27. The van der Waals surface area contributed by atoms with E-state index in [4.69, 9.17) is 17.3 Å². The number of nitrogens with two attached hydrogens (primary N) is 1. The van der Waals surface area contributed by atoms with Gasteiger partial charge in [-0.25, -0.2) is 15.0 Å². The highest BCUT2D eigenvalue weighted by Gasteiger charge is 2.46. The zero-order chi connectivity index (χ0) is 21.4. The molecule has 0 amide bonds. The van der Waals surface area contributed by atoms with Crippen molar-refractivity contribution in [2.75, 3.05) is 30.8 Å². The van der Waals surface area contributed by atoms with Crippen molar-refractivity contribution in [2.45, 2.75) is 35.2 Å². The lowest BCUT2D eigenvalue weighted by atomic mass is 9.73. The fourth-order valence-corrected chi connectivity index (χ4v) is 6.04. The number of nitrogens with one attached hydrogen (secondary N) is 1. The first-order valence-corrected chi connectivity index (χ1v) is 11.7. The van der Waals surface area contributed by atoms with Gasteiger partial charge in [-0.15, -0.1) is 0 Å². The minimum atomic E-state index is 0.288. The van der Waals surface area contributed by atoms with Crippen LogP contribution in [-0.2, 0) is 6.42 Å². The van der Waals surface area contributed by atoms with Crippen LogP contribution in [0.5, 0.6) is 0 Å². The molecule has 1 fully saturated rings. The van der Waals surface area contributed by atoms with Gasteiger partial charge in [0.2, 0.25) is 0 Å². The quantitative estimate of drug-likeness (QED) is 0.608. The van der Waals surface area contributed by atoms with E-state index in [1.54, 1.807) is 12.4 Å². The second-order valence-corrected chi connectivity index (χ2v) is 9.71. The molecule has 3 aromatic rings. The normalized spacial score (nSPS) is 19.5. The molecule has 0 unspecified atom stereocenters. The van der Waals surface area contributed by atoms with Gasteiger partial charge in [0, 0.05) is 30.2 Å². The van der Waals surface area contributed by atoms with E-state index in [1.807, 2.05) is 12.3 Å². The summed E-state index contributed by atoms with van der Waals surface area (Å²) in [6.07, 6.45) is 8.74. The maximum absolute atomic E-state index is 6.24. The molecule has 1 aliphatic carbocycles. The van der Waals surface area contributed by atoms with Crippen molar-refractivity contribution in [3.05, 3.63) is 65.1 Å². The second kappa shape index (κ2) is 8.30. The van der Waals surface area contributed by atoms with Crippen molar-refractivity contribution in [2.24, 2.45) is 5.41 Å². The van der Waals surface area contributed by atoms with Crippen LogP contribution in [-0.4, -0.2) is 35.1 Å². The molecule has 1 aliphatic heterocycles. The molecule has 2 aliphatic rings. The predicted octanol–water partition coefficient (Wildman–Crippen LogP) is 4.36. The summed E-state index contributed by atoms with van der Waals surface area (Å²) in [4.78, 5) is 16.5. The molecule has 3 N–H and O–H groups in total. The van der Waals surface area contributed by atoms with Crippen LogP contribution in [0.2, 0.25) is 5.02 Å². The number of piperidine rings is 1. The first-order chi connectivity index (χ1) is 15.1. The molecule has 31 heavy (non-hydrogen) atoms. The van der Waals surface area contributed by atoms with Gasteiger partial charge >= 0.3 is 0 Å². The van der Waals surface area contributed by atoms with Crippen LogP contribution in [0.1, 0.15) is 30.0 Å². The fraction of sp³-hybridized carbons (Fsp3) is 0.348. The van der Waals surface area contributed by atoms with Crippen molar-refractivity contribution in [3.63, 3.8) is 0 Å². The van der Waals surface area contributed by atoms with Gasteiger partial charge in [0.15, 0.2) is 0 Å². The Morgan fingerprint density at radius 1 is 1.13 bits per heavy atom. The molecule has 1 aromatic carbocycles. The van der Waals surface area contributed by atoms with Gasteiger partial charge in [0.25, 0.3) is 0 Å². The first kappa shape index (κ1) is 20.5. The summed E-state index contributed by atoms with van der Waals surface area (Å²) < 4.78 is 0. The Bertz CT molecular complexity index is 1080.